The number of nitriles is 1. The Morgan fingerprint density at radius 2 is 2.58 bits per heavy atom. The Morgan fingerprint density at radius 3 is 3.00 bits per heavy atom. The molecule has 0 spiro atoms. The van der Waals surface area contributed by atoms with Gasteiger partial charge in [-0.3, -0.25) is 5.84 Å². The van der Waals surface area contributed by atoms with Crippen LogP contribution in [0.15, 0.2) is 17.5 Å². The van der Waals surface area contributed by atoms with Crippen LogP contribution in [0.3, 0.4) is 0 Å². The molecule has 1 unspecified atom stereocenters. The van der Waals surface area contributed by atoms with Crippen LogP contribution in [0.4, 0.5) is 0 Å². The summed E-state index contributed by atoms with van der Waals surface area (Å²) in [5, 5.41) is 10.8. The van der Waals surface area contributed by atoms with Crippen LogP contribution in [-0.4, -0.2) is 5.54 Å². The molecule has 0 fully saturated rings. The van der Waals surface area contributed by atoms with Crippen molar-refractivity contribution in [2.24, 2.45) is 5.84 Å². The molecule has 3 nitrogen and oxygen atoms in total. The van der Waals surface area contributed by atoms with Gasteiger partial charge in [-0.1, -0.05) is 6.07 Å². The van der Waals surface area contributed by atoms with Gasteiger partial charge in [0.25, 0.3) is 0 Å². The maximum Gasteiger partial charge on any atom is 0.120 e. The first-order valence-electron chi connectivity index (χ1n) is 3.61. The summed E-state index contributed by atoms with van der Waals surface area (Å²) in [7, 11) is 0. The molecule has 0 aliphatic heterocycles. The Bertz CT molecular complexity index is 275. The van der Waals surface area contributed by atoms with E-state index < -0.39 is 5.54 Å². The van der Waals surface area contributed by atoms with Crippen molar-refractivity contribution in [1.82, 2.24) is 5.43 Å². The topological polar surface area (TPSA) is 61.8 Å². The second kappa shape index (κ2) is 3.68. The Hall–Kier alpha value is -0.890. The molecular weight excluding hydrogens is 170 g/mol. The zero-order valence-corrected chi connectivity index (χ0v) is 7.69. The van der Waals surface area contributed by atoms with Crippen LogP contribution in [0.5, 0.6) is 0 Å². The highest BCUT2D eigenvalue weighted by Gasteiger charge is 2.22. The highest BCUT2D eigenvalue weighted by Crippen LogP contribution is 2.16. The van der Waals surface area contributed by atoms with Crippen LogP contribution in [0, 0.1) is 11.3 Å². The van der Waals surface area contributed by atoms with E-state index in [2.05, 4.69) is 11.5 Å². The third kappa shape index (κ3) is 2.05. The summed E-state index contributed by atoms with van der Waals surface area (Å²) < 4.78 is 0. The summed E-state index contributed by atoms with van der Waals surface area (Å²) in [6, 6.07) is 6.10. The minimum absolute atomic E-state index is 0.648. The van der Waals surface area contributed by atoms with E-state index in [4.69, 9.17) is 11.1 Å². The van der Waals surface area contributed by atoms with Crippen LogP contribution in [0.25, 0.3) is 0 Å². The number of nitrogens with two attached hydrogens (primary N) is 1. The molecule has 64 valence electrons. The average Bonchev–Trinajstić information content (AvgIpc) is 2.57. The minimum Gasteiger partial charge on any atom is -0.270 e. The standard InChI is InChI=1S/C8H11N3S/c1-8(6-9,11-10)5-7-3-2-4-12-7/h2-4,11H,5,10H2,1H3. The van der Waals surface area contributed by atoms with E-state index in [1.807, 2.05) is 17.5 Å². The molecule has 1 aromatic heterocycles. The van der Waals surface area contributed by atoms with Crippen molar-refractivity contribution in [1.29, 1.82) is 5.26 Å². The quantitative estimate of drug-likeness (QED) is 0.541. The highest BCUT2D eigenvalue weighted by molar-refractivity contribution is 7.09. The number of rotatable bonds is 3. The van der Waals surface area contributed by atoms with Gasteiger partial charge in [-0.25, -0.2) is 5.43 Å². The first-order chi connectivity index (χ1) is 5.70. The van der Waals surface area contributed by atoms with E-state index in [0.717, 1.165) is 4.88 Å². The van der Waals surface area contributed by atoms with Crippen molar-refractivity contribution in [3.05, 3.63) is 22.4 Å². The number of nitrogens with zero attached hydrogens (tertiary/aromatic N) is 1. The van der Waals surface area contributed by atoms with Crippen molar-refractivity contribution >= 4 is 11.3 Å². The number of thiophene rings is 1. The fraction of sp³-hybridized carbons (Fsp3) is 0.375. The molecule has 0 radical (unpaired) electrons. The molecule has 0 aliphatic rings. The molecule has 0 aromatic carbocycles. The zero-order chi connectivity index (χ0) is 9.03. The second-order valence-electron chi connectivity index (χ2n) is 2.84. The molecule has 0 saturated carbocycles. The third-order valence-corrected chi connectivity index (χ3v) is 2.55. The first-order valence-corrected chi connectivity index (χ1v) is 4.49. The van der Waals surface area contributed by atoms with Crippen LogP contribution < -0.4 is 11.3 Å². The average molecular weight is 181 g/mol. The van der Waals surface area contributed by atoms with Gasteiger partial charge in [0.15, 0.2) is 0 Å². The number of hydrogen-bond donors (Lipinski definition) is 2. The maximum absolute atomic E-state index is 8.80. The lowest BCUT2D eigenvalue weighted by atomic mass is 10.0. The van der Waals surface area contributed by atoms with Crippen LogP contribution in [0.2, 0.25) is 0 Å². The van der Waals surface area contributed by atoms with E-state index in [1.54, 1.807) is 18.3 Å². The lowest BCUT2D eigenvalue weighted by molar-refractivity contribution is 0.461. The largest absolute Gasteiger partial charge is 0.270 e. The molecule has 1 aromatic rings. The maximum atomic E-state index is 8.80. The Morgan fingerprint density at radius 1 is 1.83 bits per heavy atom. The van der Waals surface area contributed by atoms with Crippen molar-refractivity contribution < 1.29 is 0 Å². The second-order valence-corrected chi connectivity index (χ2v) is 3.88. The van der Waals surface area contributed by atoms with Gasteiger partial charge in [-0.15, -0.1) is 11.3 Å². The molecule has 1 atom stereocenters. The lowest BCUT2D eigenvalue weighted by Crippen LogP contribution is -2.47. The minimum atomic E-state index is -0.648. The molecule has 4 heteroatoms. The van der Waals surface area contributed by atoms with Gasteiger partial charge in [0.1, 0.15) is 5.54 Å². The first kappa shape index (κ1) is 9.20. The zero-order valence-electron chi connectivity index (χ0n) is 6.87. The fourth-order valence-corrected chi connectivity index (χ4v) is 1.75. The lowest BCUT2D eigenvalue weighted by Gasteiger charge is -2.18. The SMILES string of the molecule is CC(C#N)(Cc1cccs1)NN. The van der Waals surface area contributed by atoms with Crippen molar-refractivity contribution in [2.45, 2.75) is 18.9 Å². The summed E-state index contributed by atoms with van der Waals surface area (Å²) in [5.41, 5.74) is 1.86. The molecule has 1 rings (SSSR count). The predicted molar refractivity (Wildman–Crippen MR) is 49.4 cm³/mol. The van der Waals surface area contributed by atoms with Gasteiger partial charge < -0.3 is 0 Å². The normalized spacial score (nSPS) is 15.1. The number of hydrazine groups is 1. The molecule has 0 amide bonds. The molecule has 12 heavy (non-hydrogen) atoms. The van der Waals surface area contributed by atoms with Gasteiger partial charge >= 0.3 is 0 Å². The van der Waals surface area contributed by atoms with E-state index >= 15 is 0 Å². The fourth-order valence-electron chi connectivity index (χ4n) is 0.884. The summed E-state index contributed by atoms with van der Waals surface area (Å²) in [4.78, 5) is 1.16. The van der Waals surface area contributed by atoms with Crippen molar-refractivity contribution in [3.63, 3.8) is 0 Å². The van der Waals surface area contributed by atoms with Crippen LogP contribution in [0.1, 0.15) is 11.8 Å². The molecule has 0 bridgehead atoms. The van der Waals surface area contributed by atoms with Crippen LogP contribution >= 0.6 is 11.3 Å². The van der Waals surface area contributed by atoms with E-state index in [1.165, 1.54) is 0 Å². The van der Waals surface area contributed by atoms with Crippen LogP contribution in [-0.2, 0) is 6.42 Å². The highest BCUT2D eigenvalue weighted by atomic mass is 32.1. The van der Waals surface area contributed by atoms with E-state index in [-0.39, 0.29) is 0 Å². The monoisotopic (exact) mass is 181 g/mol. The van der Waals surface area contributed by atoms with Gasteiger partial charge in [0.05, 0.1) is 6.07 Å². The van der Waals surface area contributed by atoms with Gasteiger partial charge in [-0.2, -0.15) is 5.26 Å². The Balaban J connectivity index is 2.68. The summed E-state index contributed by atoms with van der Waals surface area (Å²) in [6.07, 6.45) is 0.650. The smallest absolute Gasteiger partial charge is 0.120 e. The molecule has 0 saturated heterocycles. The van der Waals surface area contributed by atoms with Gasteiger partial charge in [-0.05, 0) is 18.4 Å². The van der Waals surface area contributed by atoms with E-state index in [9.17, 15) is 0 Å². The summed E-state index contributed by atoms with van der Waals surface area (Å²) in [5.74, 6) is 5.27. The predicted octanol–water partition coefficient (Wildman–Crippen LogP) is 1.04. The van der Waals surface area contributed by atoms with Crippen molar-refractivity contribution in [3.8, 4) is 6.07 Å². The Kier molecular flexibility index (Phi) is 2.82. The Labute approximate surface area is 75.8 Å². The number of nitrogens with one attached hydrogen (secondary N) is 1. The third-order valence-electron chi connectivity index (χ3n) is 1.67. The van der Waals surface area contributed by atoms with Crippen molar-refractivity contribution in [2.75, 3.05) is 0 Å². The molecule has 0 aliphatic carbocycles. The van der Waals surface area contributed by atoms with Gasteiger partial charge in [0, 0.05) is 11.3 Å². The van der Waals surface area contributed by atoms with Gasteiger partial charge in [0.2, 0.25) is 0 Å². The molecule has 3 N–H and O–H groups in total. The van der Waals surface area contributed by atoms with E-state index in [0.29, 0.717) is 6.42 Å². The summed E-state index contributed by atoms with van der Waals surface area (Å²) >= 11 is 1.63. The number of hydrogen-bond acceptors (Lipinski definition) is 4. The molecule has 1 heterocycles. The molecular formula is C8H11N3S. The summed E-state index contributed by atoms with van der Waals surface area (Å²) in [6.45, 7) is 1.78.